The highest BCUT2D eigenvalue weighted by molar-refractivity contribution is 6.10. The van der Waals surface area contributed by atoms with E-state index in [-0.39, 0.29) is 17.9 Å². The second-order valence-electron chi connectivity index (χ2n) is 11.4. The second kappa shape index (κ2) is 8.86. The average molecular weight is 554 g/mol. The molecule has 1 aliphatic heterocycles. The molecule has 0 saturated carbocycles. The molecule has 0 amide bonds. The van der Waals surface area contributed by atoms with Gasteiger partial charge in [-0.15, -0.1) is 0 Å². The van der Waals surface area contributed by atoms with E-state index in [2.05, 4.69) is 102 Å². The zero-order valence-corrected chi connectivity index (χ0v) is 23.0. The van der Waals surface area contributed by atoms with Gasteiger partial charge >= 0.3 is 0 Å². The Hall–Kier alpha value is -5.78. The van der Waals surface area contributed by atoms with Crippen molar-refractivity contribution in [1.29, 1.82) is 10.5 Å². The van der Waals surface area contributed by atoms with Crippen LogP contribution in [0.5, 0.6) is 5.75 Å². The molecule has 0 saturated heterocycles. The number of furan rings is 1. The molecule has 4 aromatic carbocycles. The summed E-state index contributed by atoms with van der Waals surface area (Å²) in [6, 6.07) is 33.6. The number of hydrogen-bond donors (Lipinski definition) is 0. The minimum Gasteiger partial charge on any atom is -0.485 e. The maximum atomic E-state index is 10.4. The molecule has 2 aliphatic carbocycles. The molecule has 5 heteroatoms. The van der Waals surface area contributed by atoms with Crippen LogP contribution in [0.1, 0.15) is 46.3 Å². The Morgan fingerprint density at radius 3 is 2.35 bits per heavy atom. The van der Waals surface area contributed by atoms with E-state index < -0.39 is 0 Å². The van der Waals surface area contributed by atoms with Gasteiger partial charge in [0.25, 0.3) is 0 Å². The Balaban J connectivity index is 1.22. The van der Waals surface area contributed by atoms with Crippen LogP contribution in [0.3, 0.4) is 0 Å². The number of ether oxygens (including phenoxy) is 1. The van der Waals surface area contributed by atoms with Gasteiger partial charge < -0.3 is 13.7 Å². The first kappa shape index (κ1) is 23.9. The number of para-hydroxylation sites is 2. The molecule has 0 spiro atoms. The second-order valence-corrected chi connectivity index (χ2v) is 11.4. The van der Waals surface area contributed by atoms with E-state index in [1.54, 1.807) is 6.07 Å². The quantitative estimate of drug-likeness (QED) is 0.215. The molecule has 2 aromatic heterocycles. The van der Waals surface area contributed by atoms with Gasteiger partial charge in [-0.25, -0.2) is 0 Å². The molecular formula is C38H23N3O2. The van der Waals surface area contributed by atoms with Crippen LogP contribution in [0.2, 0.25) is 0 Å². The summed E-state index contributed by atoms with van der Waals surface area (Å²) < 4.78 is 15.2. The van der Waals surface area contributed by atoms with Crippen molar-refractivity contribution in [3.63, 3.8) is 0 Å². The number of rotatable bonds is 2. The highest BCUT2D eigenvalue weighted by Crippen LogP contribution is 2.51. The fourth-order valence-corrected chi connectivity index (χ4v) is 7.32. The summed E-state index contributed by atoms with van der Waals surface area (Å²) in [4.78, 5) is 0. The average Bonchev–Trinajstić information content (AvgIpc) is 3.73. The van der Waals surface area contributed by atoms with Crippen molar-refractivity contribution in [3.8, 4) is 17.9 Å². The van der Waals surface area contributed by atoms with Gasteiger partial charge in [0.15, 0.2) is 0 Å². The number of nitriles is 2. The SMILES string of the molecule is N#CC1=C(n2c3ccccc3c3ccccc32)C(c2ccc3c(c2)C2c4oc5ccc(C#N)cc5c4C=CC2O3)CC=C1. The maximum Gasteiger partial charge on any atom is 0.135 e. The van der Waals surface area contributed by atoms with E-state index in [9.17, 15) is 10.5 Å². The Morgan fingerprint density at radius 2 is 1.58 bits per heavy atom. The van der Waals surface area contributed by atoms with Gasteiger partial charge in [-0.3, -0.25) is 0 Å². The predicted octanol–water partition coefficient (Wildman–Crippen LogP) is 8.81. The number of hydrogen-bond acceptors (Lipinski definition) is 4. The van der Waals surface area contributed by atoms with Crippen LogP contribution < -0.4 is 4.74 Å². The number of benzene rings is 4. The molecular weight excluding hydrogens is 530 g/mol. The van der Waals surface area contributed by atoms with Crippen molar-refractivity contribution in [3.05, 3.63) is 137 Å². The summed E-state index contributed by atoms with van der Waals surface area (Å²) >= 11 is 0. The topological polar surface area (TPSA) is 74.9 Å². The first-order valence-electron chi connectivity index (χ1n) is 14.5. The van der Waals surface area contributed by atoms with Crippen LogP contribution >= 0.6 is 0 Å². The van der Waals surface area contributed by atoms with Gasteiger partial charge in [0.1, 0.15) is 29.3 Å². The smallest absolute Gasteiger partial charge is 0.135 e. The van der Waals surface area contributed by atoms with Crippen LogP contribution in [0, 0.1) is 22.7 Å². The lowest BCUT2D eigenvalue weighted by Gasteiger charge is -2.27. The number of nitrogens with zero attached hydrogens (tertiary/aromatic N) is 3. The molecule has 3 atom stereocenters. The standard InChI is InChI=1S/C38H23N3O2/c39-20-22-12-15-33-29(18-22)28-14-17-35-36(38(28)43-33)30-19-23(13-16-34(30)42-35)25-9-5-6-24(21-40)37(25)41-31-10-3-1-7-26(31)27-8-2-4-11-32(27)41/h1-8,10-19,25,35-36H,9H2. The summed E-state index contributed by atoms with van der Waals surface area (Å²) in [5.74, 6) is 1.59. The highest BCUT2D eigenvalue weighted by Gasteiger charge is 2.41. The fourth-order valence-electron chi connectivity index (χ4n) is 7.32. The van der Waals surface area contributed by atoms with Crippen LogP contribution in [-0.2, 0) is 0 Å². The van der Waals surface area contributed by atoms with Crippen LogP contribution in [0.15, 0.2) is 113 Å². The van der Waals surface area contributed by atoms with E-state index in [4.69, 9.17) is 9.15 Å². The normalized spacial score (nSPS) is 20.1. The van der Waals surface area contributed by atoms with Gasteiger partial charge in [0, 0.05) is 38.9 Å². The first-order chi connectivity index (χ1) is 21.2. The van der Waals surface area contributed by atoms with Crippen molar-refractivity contribution in [2.24, 2.45) is 0 Å². The van der Waals surface area contributed by atoms with E-state index in [1.807, 2.05) is 18.2 Å². The van der Waals surface area contributed by atoms with E-state index in [1.165, 1.54) is 10.8 Å². The fraction of sp³-hybridized carbons (Fsp3) is 0.105. The monoisotopic (exact) mass is 553 g/mol. The van der Waals surface area contributed by atoms with Gasteiger partial charge in [-0.1, -0.05) is 60.7 Å². The van der Waals surface area contributed by atoms with Gasteiger partial charge in [0.05, 0.1) is 34.2 Å². The molecule has 9 rings (SSSR count). The molecule has 43 heavy (non-hydrogen) atoms. The van der Waals surface area contributed by atoms with Crippen molar-refractivity contribution < 1.29 is 9.15 Å². The molecule has 3 unspecified atom stereocenters. The minimum absolute atomic E-state index is 0.0318. The van der Waals surface area contributed by atoms with Crippen LogP contribution in [0.25, 0.3) is 44.5 Å². The summed E-state index contributed by atoms with van der Waals surface area (Å²) in [6.07, 6.45) is 8.85. The Bertz CT molecular complexity index is 2300. The molecule has 0 N–H and O–H groups in total. The molecule has 3 aliphatic rings. The molecule has 3 heterocycles. The molecule has 5 nitrogen and oxygen atoms in total. The van der Waals surface area contributed by atoms with Crippen LogP contribution in [0.4, 0.5) is 0 Å². The van der Waals surface area contributed by atoms with Crippen molar-refractivity contribution >= 4 is 44.5 Å². The van der Waals surface area contributed by atoms with E-state index in [0.29, 0.717) is 11.1 Å². The highest BCUT2D eigenvalue weighted by atomic mass is 16.5. The lowest BCUT2D eigenvalue weighted by atomic mass is 9.82. The predicted molar refractivity (Wildman–Crippen MR) is 167 cm³/mol. The molecule has 0 bridgehead atoms. The van der Waals surface area contributed by atoms with Gasteiger partial charge in [0.2, 0.25) is 0 Å². The summed E-state index contributed by atoms with van der Waals surface area (Å²) in [5, 5.41) is 23.1. The number of allylic oxidation sites excluding steroid dienone is 4. The lowest BCUT2D eigenvalue weighted by molar-refractivity contribution is 0.256. The van der Waals surface area contributed by atoms with Crippen LogP contribution in [-0.4, -0.2) is 10.7 Å². The molecule has 202 valence electrons. The first-order valence-corrected chi connectivity index (χ1v) is 14.5. The summed E-state index contributed by atoms with van der Waals surface area (Å²) in [7, 11) is 0. The Morgan fingerprint density at radius 1 is 0.791 bits per heavy atom. The zero-order valence-electron chi connectivity index (χ0n) is 23.0. The summed E-state index contributed by atoms with van der Waals surface area (Å²) in [6.45, 7) is 0. The van der Waals surface area contributed by atoms with E-state index >= 15 is 0 Å². The third-order valence-corrected chi connectivity index (χ3v) is 9.19. The number of fused-ring (bicyclic) bond motifs is 10. The third kappa shape index (κ3) is 3.31. The van der Waals surface area contributed by atoms with Gasteiger partial charge in [-0.05, 0) is 60.5 Å². The summed E-state index contributed by atoms with van der Waals surface area (Å²) in [5.41, 5.74) is 8.47. The minimum atomic E-state index is -0.165. The zero-order chi connectivity index (χ0) is 28.7. The third-order valence-electron chi connectivity index (χ3n) is 9.19. The largest absolute Gasteiger partial charge is 0.485 e. The molecule has 6 aromatic rings. The maximum absolute atomic E-state index is 10.4. The molecule has 0 radical (unpaired) electrons. The van der Waals surface area contributed by atoms with Crippen molar-refractivity contribution in [2.75, 3.05) is 0 Å². The lowest BCUT2D eigenvalue weighted by Crippen LogP contribution is -2.19. The van der Waals surface area contributed by atoms with Gasteiger partial charge in [-0.2, -0.15) is 10.5 Å². The molecule has 0 fully saturated rings. The Labute approximate surface area is 247 Å². The Kier molecular flexibility index (Phi) is 4.92. The van der Waals surface area contributed by atoms with Crippen molar-refractivity contribution in [1.82, 2.24) is 4.57 Å². The number of aromatic nitrogens is 1. The van der Waals surface area contributed by atoms with Crippen molar-refractivity contribution in [2.45, 2.75) is 24.4 Å². The van der Waals surface area contributed by atoms with E-state index in [0.717, 1.165) is 62.3 Å².